The highest BCUT2D eigenvalue weighted by Crippen LogP contribution is 2.47. The molecule has 56 heavy (non-hydrogen) atoms. The quantitative estimate of drug-likeness (QED) is 0.0345. The molecule has 0 bridgehead atoms. The van der Waals surface area contributed by atoms with Gasteiger partial charge in [-0.1, -0.05) is 107 Å². The van der Waals surface area contributed by atoms with Crippen LogP contribution >= 0.6 is 29.3 Å². The average molecular weight is 837 g/mol. The molecule has 3 rings (SSSR count). The third-order valence-electron chi connectivity index (χ3n) is 7.99. The van der Waals surface area contributed by atoms with Crippen LogP contribution in [0.15, 0.2) is 108 Å². The monoisotopic (exact) mass is 836 g/mol. The number of rotatable bonds is 27. The Kier molecular flexibility index (Phi) is 22.4. The minimum absolute atomic E-state index is 0.00352. The number of nitrogens with one attached hydrogen (secondary N) is 2. The maximum Gasteiger partial charge on any atom is 0.458 e. The number of nitrogens with zero attached hydrogens (tertiary/aromatic N) is 2. The maximum atomic E-state index is 15.0. The molecule has 1 aliphatic rings. The van der Waals surface area contributed by atoms with Gasteiger partial charge in [-0.05, 0) is 70.1 Å². The zero-order valence-corrected chi connectivity index (χ0v) is 34.6. The number of amides is 1. The van der Waals surface area contributed by atoms with Crippen LogP contribution in [0.2, 0.25) is 0 Å². The molecule has 11 nitrogen and oxygen atoms in total. The number of para-hydroxylation sites is 1. The first kappa shape index (κ1) is 47.1. The molecule has 2 aromatic rings. The number of halogens is 2. The van der Waals surface area contributed by atoms with Crippen LogP contribution in [0.25, 0.3) is 0 Å². The molecule has 308 valence electrons. The molecule has 16 heteroatoms. The van der Waals surface area contributed by atoms with Crippen molar-refractivity contribution in [1.82, 2.24) is 20.0 Å². The van der Waals surface area contributed by atoms with Crippen LogP contribution in [0, 0.1) is 6.92 Å². The van der Waals surface area contributed by atoms with Gasteiger partial charge < -0.3 is 19.7 Å². The Hall–Kier alpha value is -3.30. The second-order valence-corrected chi connectivity index (χ2v) is 17.1. The van der Waals surface area contributed by atoms with Crippen molar-refractivity contribution in [3.05, 3.63) is 120 Å². The van der Waals surface area contributed by atoms with E-state index in [-0.39, 0.29) is 18.2 Å². The molecular formula is C40H55F2N4O7PS2. The van der Waals surface area contributed by atoms with Crippen LogP contribution in [-0.2, 0) is 18.6 Å². The summed E-state index contributed by atoms with van der Waals surface area (Å²) in [6, 6.07) is 9.56. The fraction of sp³-hybridized carbons (Fsp3) is 0.475. The molecule has 0 saturated carbocycles. The van der Waals surface area contributed by atoms with E-state index in [2.05, 4.69) is 83.1 Å². The van der Waals surface area contributed by atoms with Crippen molar-refractivity contribution in [2.75, 3.05) is 31.2 Å². The lowest BCUT2D eigenvalue weighted by atomic mass is 10.1. The Morgan fingerprint density at radius 2 is 1.57 bits per heavy atom. The number of carbonyl (C=O) groups excluding carboxylic acids is 1. The number of hydrogen-bond acceptors (Lipinski definition) is 10. The third-order valence-corrected chi connectivity index (χ3v) is 12.0. The SMILES string of the molecule is CCC=CCC=CCC=CCC=CCC=CCCCC(=O)NCCSSCCNP(=O)(OCC1OC(n2ccc(C)nc2=O)C(F)(F)C1O)Oc1ccccc1. The van der Waals surface area contributed by atoms with Gasteiger partial charge in [-0.2, -0.15) is 13.8 Å². The summed E-state index contributed by atoms with van der Waals surface area (Å²) < 4.78 is 60.8. The number of aryl methyl sites for hydroxylation is 1. The number of aromatic nitrogens is 2. The summed E-state index contributed by atoms with van der Waals surface area (Å²) in [6.45, 7) is 3.62. The van der Waals surface area contributed by atoms with Crippen molar-refractivity contribution < 1.29 is 37.0 Å². The third kappa shape index (κ3) is 17.9. The molecule has 1 aliphatic heterocycles. The van der Waals surface area contributed by atoms with E-state index in [1.54, 1.807) is 30.3 Å². The zero-order valence-electron chi connectivity index (χ0n) is 32.1. The van der Waals surface area contributed by atoms with Crippen LogP contribution in [0.5, 0.6) is 5.75 Å². The molecule has 0 radical (unpaired) electrons. The van der Waals surface area contributed by atoms with Crippen molar-refractivity contribution in [3.8, 4) is 5.75 Å². The molecule has 1 aromatic carbocycles. The number of carbonyl (C=O) groups is 1. The number of hydrogen-bond donors (Lipinski definition) is 3. The Bertz CT molecular complexity index is 1710. The summed E-state index contributed by atoms with van der Waals surface area (Å²) in [4.78, 5) is 28.1. The van der Waals surface area contributed by atoms with Crippen LogP contribution < -0.4 is 20.6 Å². The van der Waals surface area contributed by atoms with Gasteiger partial charge in [0.1, 0.15) is 11.9 Å². The fourth-order valence-electron chi connectivity index (χ4n) is 5.09. The number of unbranched alkanes of at least 4 members (excludes halogenated alkanes) is 1. The first-order valence-corrected chi connectivity index (χ1v) is 22.9. The summed E-state index contributed by atoms with van der Waals surface area (Å²) in [6.07, 6.45) is 23.5. The molecule has 0 spiro atoms. The summed E-state index contributed by atoms with van der Waals surface area (Å²) in [5.74, 6) is -2.51. The summed E-state index contributed by atoms with van der Waals surface area (Å²) in [5.41, 5.74) is -0.630. The van der Waals surface area contributed by atoms with Crippen LogP contribution in [-0.4, -0.2) is 69.9 Å². The van der Waals surface area contributed by atoms with Gasteiger partial charge in [0, 0.05) is 42.9 Å². The smallest absolute Gasteiger partial charge is 0.413 e. The summed E-state index contributed by atoms with van der Waals surface area (Å²) in [7, 11) is -1.13. The minimum atomic E-state index is -4.14. The Balaban J connectivity index is 1.29. The van der Waals surface area contributed by atoms with Crippen molar-refractivity contribution >= 4 is 35.2 Å². The number of benzene rings is 1. The minimum Gasteiger partial charge on any atom is -0.413 e. The number of ether oxygens (including phenoxy) is 1. The van der Waals surface area contributed by atoms with Gasteiger partial charge in [0.2, 0.25) is 12.1 Å². The molecule has 1 fully saturated rings. The van der Waals surface area contributed by atoms with E-state index in [0.717, 1.165) is 51.1 Å². The van der Waals surface area contributed by atoms with Crippen LogP contribution in [0.3, 0.4) is 0 Å². The van der Waals surface area contributed by atoms with Gasteiger partial charge in [0.25, 0.3) is 0 Å². The lowest BCUT2D eigenvalue weighted by Crippen LogP contribution is -2.42. The Morgan fingerprint density at radius 3 is 2.20 bits per heavy atom. The predicted octanol–water partition coefficient (Wildman–Crippen LogP) is 8.66. The average Bonchev–Trinajstić information content (AvgIpc) is 3.40. The second-order valence-electron chi connectivity index (χ2n) is 12.6. The molecule has 0 aliphatic carbocycles. The second kappa shape index (κ2) is 26.6. The molecular weight excluding hydrogens is 782 g/mol. The molecule has 4 atom stereocenters. The summed E-state index contributed by atoms with van der Waals surface area (Å²) in [5, 5.41) is 16.1. The van der Waals surface area contributed by atoms with Gasteiger partial charge in [0.05, 0.1) is 6.61 Å². The van der Waals surface area contributed by atoms with Gasteiger partial charge in [-0.15, -0.1) is 0 Å². The van der Waals surface area contributed by atoms with Crippen LogP contribution in [0.1, 0.15) is 70.2 Å². The van der Waals surface area contributed by atoms with E-state index < -0.39 is 44.4 Å². The number of aliphatic hydroxyl groups is 1. The van der Waals surface area contributed by atoms with E-state index in [1.807, 2.05) is 0 Å². The highest BCUT2D eigenvalue weighted by molar-refractivity contribution is 8.76. The normalized spacial score (nSPS) is 19.6. The van der Waals surface area contributed by atoms with Crippen molar-refractivity contribution in [2.45, 2.75) is 89.6 Å². The van der Waals surface area contributed by atoms with E-state index >= 15 is 8.78 Å². The zero-order chi connectivity index (χ0) is 40.5. The lowest BCUT2D eigenvalue weighted by Gasteiger charge is -2.22. The first-order valence-electron chi connectivity index (χ1n) is 18.8. The molecule has 1 saturated heterocycles. The standard InChI is InChI=1S/C40H55F2N4O7PS2/c1-3-4-5-6-7-8-9-10-11-12-13-14-15-16-17-18-22-25-36(47)43-27-30-55-56-31-28-44-54(50,53-34-23-20-19-21-24-34)51-32-35-37(48)40(41,42)38(52-35)46-29-26-33(2)45-39(46)49/h4-5,7-8,10-11,13-14,16-17,19-21,23-24,26,29,35,37-38,48H,3,6,9,12,15,18,22,25,27-28,30-32H2,1-2H3,(H,43,47)(H,44,50). The van der Waals surface area contributed by atoms with Gasteiger partial charge in [-0.25, -0.2) is 14.4 Å². The van der Waals surface area contributed by atoms with Crippen molar-refractivity contribution in [1.29, 1.82) is 0 Å². The number of allylic oxidation sites excluding steroid dienone is 10. The van der Waals surface area contributed by atoms with E-state index in [0.29, 0.717) is 34.7 Å². The van der Waals surface area contributed by atoms with Gasteiger partial charge in [0.15, 0.2) is 6.10 Å². The van der Waals surface area contributed by atoms with E-state index in [1.165, 1.54) is 34.6 Å². The van der Waals surface area contributed by atoms with Crippen LogP contribution in [0.4, 0.5) is 8.78 Å². The topological polar surface area (TPSA) is 141 Å². The van der Waals surface area contributed by atoms with E-state index in [9.17, 15) is 19.3 Å². The molecule has 1 aromatic heterocycles. The highest BCUT2D eigenvalue weighted by atomic mass is 33.1. The highest BCUT2D eigenvalue weighted by Gasteiger charge is 2.60. The Labute approximate surface area is 337 Å². The molecule has 4 unspecified atom stereocenters. The molecule has 2 heterocycles. The summed E-state index contributed by atoms with van der Waals surface area (Å²) >= 11 is 0. The fourth-order valence-corrected chi connectivity index (χ4v) is 8.39. The van der Waals surface area contributed by atoms with Gasteiger partial charge in [-0.3, -0.25) is 13.9 Å². The lowest BCUT2D eigenvalue weighted by molar-refractivity contribution is -0.140. The largest absolute Gasteiger partial charge is 0.458 e. The van der Waals surface area contributed by atoms with Gasteiger partial charge >= 0.3 is 19.4 Å². The molecule has 1 amide bonds. The number of alkyl halides is 2. The Morgan fingerprint density at radius 1 is 0.964 bits per heavy atom. The maximum absolute atomic E-state index is 15.0. The molecule has 3 N–H and O–H groups in total. The van der Waals surface area contributed by atoms with E-state index in [4.69, 9.17) is 13.8 Å². The first-order chi connectivity index (χ1) is 27.1. The van der Waals surface area contributed by atoms with Crippen molar-refractivity contribution in [2.24, 2.45) is 0 Å². The van der Waals surface area contributed by atoms with Crippen molar-refractivity contribution in [3.63, 3.8) is 0 Å². The number of aliphatic hydroxyl groups excluding tert-OH is 1. The predicted molar refractivity (Wildman–Crippen MR) is 223 cm³/mol.